The maximum atomic E-state index is 12.3. The maximum absolute atomic E-state index is 12.3. The Morgan fingerprint density at radius 3 is 2.43 bits per heavy atom. The molecule has 0 bridgehead atoms. The molecule has 2 rings (SSSR count). The summed E-state index contributed by atoms with van der Waals surface area (Å²) in [5.41, 5.74) is 0.824. The van der Waals surface area contributed by atoms with Gasteiger partial charge in [0.2, 0.25) is 11.8 Å². The molecule has 0 saturated heterocycles. The van der Waals surface area contributed by atoms with Gasteiger partial charge in [0, 0.05) is 11.9 Å². The van der Waals surface area contributed by atoms with E-state index in [1.54, 1.807) is 42.7 Å². The van der Waals surface area contributed by atoms with Gasteiger partial charge in [0.25, 0.3) is 0 Å². The van der Waals surface area contributed by atoms with E-state index < -0.39 is 6.04 Å². The molecule has 23 heavy (non-hydrogen) atoms. The van der Waals surface area contributed by atoms with Crippen LogP contribution in [0.3, 0.4) is 0 Å². The zero-order chi connectivity index (χ0) is 16.8. The van der Waals surface area contributed by atoms with Gasteiger partial charge in [0.05, 0.1) is 24.8 Å². The summed E-state index contributed by atoms with van der Waals surface area (Å²) in [4.78, 5) is 23.7. The van der Waals surface area contributed by atoms with Crippen LogP contribution in [-0.2, 0) is 9.59 Å². The van der Waals surface area contributed by atoms with Crippen LogP contribution >= 0.6 is 11.6 Å². The molecule has 0 unspecified atom stereocenters. The van der Waals surface area contributed by atoms with Gasteiger partial charge in [-0.2, -0.15) is 0 Å². The quantitative estimate of drug-likeness (QED) is 0.850. The molecule has 0 aliphatic heterocycles. The van der Waals surface area contributed by atoms with E-state index in [9.17, 15) is 9.59 Å². The largest absolute Gasteiger partial charge is 0.467 e. The van der Waals surface area contributed by atoms with Gasteiger partial charge in [-0.15, -0.1) is 0 Å². The number of carbonyl (C=O) groups excluding carboxylic acids is 2. The van der Waals surface area contributed by atoms with Crippen molar-refractivity contribution in [1.82, 2.24) is 10.6 Å². The highest BCUT2D eigenvalue weighted by molar-refractivity contribution is 6.30. The Bertz CT molecular complexity index is 653. The molecule has 2 N–H and O–H groups in total. The van der Waals surface area contributed by atoms with E-state index in [1.807, 2.05) is 6.92 Å². The molecule has 0 spiro atoms. The first-order valence-corrected chi connectivity index (χ1v) is 7.69. The van der Waals surface area contributed by atoms with Crippen LogP contribution in [0.2, 0.25) is 5.02 Å². The van der Waals surface area contributed by atoms with E-state index in [-0.39, 0.29) is 24.3 Å². The fraction of sp³-hybridized carbons (Fsp3) is 0.294. The monoisotopic (exact) mass is 334 g/mol. The molecular weight excluding hydrogens is 316 g/mol. The van der Waals surface area contributed by atoms with Gasteiger partial charge < -0.3 is 15.1 Å². The molecular formula is C17H19ClN2O3. The molecule has 2 amide bonds. The van der Waals surface area contributed by atoms with Gasteiger partial charge in [-0.3, -0.25) is 9.59 Å². The van der Waals surface area contributed by atoms with Crippen molar-refractivity contribution in [2.24, 2.45) is 0 Å². The lowest BCUT2D eigenvalue weighted by molar-refractivity contribution is -0.123. The SMILES string of the molecule is CC(=O)N[C@H](CC(=O)N[C@@H](C)c1ccco1)c1ccc(Cl)cc1. The molecule has 6 heteroatoms. The average Bonchev–Trinajstić information content (AvgIpc) is 3.01. The Kier molecular flexibility index (Phi) is 5.82. The molecule has 5 nitrogen and oxygen atoms in total. The topological polar surface area (TPSA) is 71.3 Å². The number of carbonyl (C=O) groups is 2. The summed E-state index contributed by atoms with van der Waals surface area (Å²) in [6.45, 7) is 3.26. The van der Waals surface area contributed by atoms with Crippen molar-refractivity contribution in [3.8, 4) is 0 Å². The standard InChI is InChI=1S/C17H19ClN2O3/c1-11(16-4-3-9-23-16)19-17(22)10-15(20-12(2)21)13-5-7-14(18)8-6-13/h3-9,11,15H,10H2,1-2H3,(H,19,22)(H,20,21)/t11-,15+/m0/s1. The first-order chi connectivity index (χ1) is 11.0. The molecule has 2 atom stereocenters. The summed E-state index contributed by atoms with van der Waals surface area (Å²) in [5.74, 6) is 0.306. The summed E-state index contributed by atoms with van der Waals surface area (Å²) in [7, 11) is 0. The summed E-state index contributed by atoms with van der Waals surface area (Å²) in [6.07, 6.45) is 1.69. The first-order valence-electron chi connectivity index (χ1n) is 7.31. The number of furan rings is 1. The molecule has 0 aliphatic rings. The van der Waals surface area contributed by atoms with Crippen molar-refractivity contribution >= 4 is 23.4 Å². The Balaban J connectivity index is 2.03. The van der Waals surface area contributed by atoms with E-state index in [0.29, 0.717) is 10.8 Å². The second-order valence-electron chi connectivity index (χ2n) is 5.31. The van der Waals surface area contributed by atoms with Gasteiger partial charge in [-0.05, 0) is 36.8 Å². The zero-order valence-electron chi connectivity index (χ0n) is 13.0. The number of hydrogen-bond acceptors (Lipinski definition) is 3. The second kappa shape index (κ2) is 7.83. The number of rotatable bonds is 6. The van der Waals surface area contributed by atoms with Crippen LogP contribution in [-0.4, -0.2) is 11.8 Å². The third-order valence-corrected chi connectivity index (χ3v) is 3.64. The fourth-order valence-corrected chi connectivity index (χ4v) is 2.41. The van der Waals surface area contributed by atoms with Crippen molar-refractivity contribution < 1.29 is 14.0 Å². The van der Waals surface area contributed by atoms with E-state index in [0.717, 1.165) is 5.56 Å². The van der Waals surface area contributed by atoms with Gasteiger partial charge in [-0.25, -0.2) is 0 Å². The molecule has 1 heterocycles. The van der Waals surface area contributed by atoms with Crippen LogP contribution < -0.4 is 10.6 Å². The average molecular weight is 335 g/mol. The molecule has 122 valence electrons. The van der Waals surface area contributed by atoms with E-state index >= 15 is 0 Å². The fourth-order valence-electron chi connectivity index (χ4n) is 2.29. The predicted molar refractivity (Wildman–Crippen MR) is 87.9 cm³/mol. The molecule has 0 fully saturated rings. The normalized spacial score (nSPS) is 13.2. The smallest absolute Gasteiger partial charge is 0.222 e. The van der Waals surface area contributed by atoms with Crippen molar-refractivity contribution in [1.29, 1.82) is 0 Å². The third kappa shape index (κ3) is 5.14. The number of hydrogen-bond donors (Lipinski definition) is 2. The van der Waals surface area contributed by atoms with Crippen LogP contribution in [0.25, 0.3) is 0 Å². The predicted octanol–water partition coefficient (Wildman–Crippen LogP) is 3.38. The van der Waals surface area contributed by atoms with E-state index in [4.69, 9.17) is 16.0 Å². The summed E-state index contributed by atoms with van der Waals surface area (Å²) >= 11 is 5.88. The van der Waals surface area contributed by atoms with Crippen LogP contribution in [0.4, 0.5) is 0 Å². The minimum atomic E-state index is -0.409. The highest BCUT2D eigenvalue weighted by Gasteiger charge is 2.19. The summed E-state index contributed by atoms with van der Waals surface area (Å²) in [6, 6.07) is 9.98. The lowest BCUT2D eigenvalue weighted by Gasteiger charge is -2.19. The maximum Gasteiger partial charge on any atom is 0.222 e. The van der Waals surface area contributed by atoms with Gasteiger partial charge >= 0.3 is 0 Å². The molecule has 0 saturated carbocycles. The van der Waals surface area contributed by atoms with Crippen LogP contribution in [0, 0.1) is 0 Å². The minimum Gasteiger partial charge on any atom is -0.467 e. The molecule has 1 aromatic heterocycles. The van der Waals surface area contributed by atoms with Crippen LogP contribution in [0.15, 0.2) is 47.1 Å². The number of halogens is 1. The Morgan fingerprint density at radius 2 is 1.87 bits per heavy atom. The van der Waals surface area contributed by atoms with Crippen LogP contribution in [0.5, 0.6) is 0 Å². The summed E-state index contributed by atoms with van der Waals surface area (Å²) in [5, 5.41) is 6.25. The van der Waals surface area contributed by atoms with E-state index in [2.05, 4.69) is 10.6 Å². The third-order valence-electron chi connectivity index (χ3n) is 3.39. The lowest BCUT2D eigenvalue weighted by atomic mass is 10.0. The summed E-state index contributed by atoms with van der Waals surface area (Å²) < 4.78 is 5.26. The van der Waals surface area contributed by atoms with Crippen molar-refractivity contribution in [2.45, 2.75) is 32.4 Å². The minimum absolute atomic E-state index is 0.131. The van der Waals surface area contributed by atoms with Gasteiger partial charge in [0.15, 0.2) is 0 Å². The molecule has 1 aromatic carbocycles. The Labute approximate surface area is 140 Å². The second-order valence-corrected chi connectivity index (χ2v) is 5.75. The van der Waals surface area contributed by atoms with Crippen molar-refractivity contribution in [3.63, 3.8) is 0 Å². The highest BCUT2D eigenvalue weighted by Crippen LogP contribution is 2.20. The lowest BCUT2D eigenvalue weighted by Crippen LogP contribution is -2.33. The molecule has 0 aliphatic carbocycles. The van der Waals surface area contributed by atoms with Gasteiger partial charge in [-0.1, -0.05) is 23.7 Å². The van der Waals surface area contributed by atoms with Crippen LogP contribution in [0.1, 0.15) is 43.7 Å². The van der Waals surface area contributed by atoms with Crippen molar-refractivity contribution in [3.05, 3.63) is 59.0 Å². The Hall–Kier alpha value is -2.27. The van der Waals surface area contributed by atoms with E-state index in [1.165, 1.54) is 6.92 Å². The molecule has 0 radical (unpaired) electrons. The number of benzene rings is 1. The Morgan fingerprint density at radius 1 is 1.17 bits per heavy atom. The number of nitrogens with one attached hydrogen (secondary N) is 2. The highest BCUT2D eigenvalue weighted by atomic mass is 35.5. The van der Waals surface area contributed by atoms with Crippen molar-refractivity contribution in [2.75, 3.05) is 0 Å². The molecule has 2 aromatic rings. The number of amides is 2. The zero-order valence-corrected chi connectivity index (χ0v) is 13.8. The first kappa shape index (κ1) is 17.1. The van der Waals surface area contributed by atoms with Gasteiger partial charge in [0.1, 0.15) is 5.76 Å².